The van der Waals surface area contributed by atoms with Crippen LogP contribution in [0.1, 0.15) is 19.8 Å². The first-order valence-corrected chi connectivity index (χ1v) is 7.40. The Morgan fingerprint density at radius 2 is 2.28 bits per heavy atom. The van der Waals surface area contributed by atoms with Gasteiger partial charge in [-0.2, -0.15) is 17.4 Å². The minimum Gasteiger partial charge on any atom is -0.480 e. The molecular weight excluding hydrogens is 260 g/mol. The normalized spacial score (nSPS) is 21.9. The van der Waals surface area contributed by atoms with E-state index in [0.717, 1.165) is 12.8 Å². The van der Waals surface area contributed by atoms with Crippen molar-refractivity contribution in [1.29, 1.82) is 0 Å². The minimum absolute atomic E-state index is 0.0505. The van der Waals surface area contributed by atoms with Crippen molar-refractivity contribution in [2.45, 2.75) is 19.8 Å². The molecule has 1 rings (SSSR count). The lowest BCUT2D eigenvalue weighted by atomic mass is 10.0. The van der Waals surface area contributed by atoms with Crippen LogP contribution in [-0.2, 0) is 19.7 Å². The number of piperidine rings is 1. The fraction of sp³-hybridized carbons (Fsp3) is 0.900. The highest BCUT2D eigenvalue weighted by atomic mass is 32.2. The maximum atomic E-state index is 11.9. The van der Waals surface area contributed by atoms with Crippen LogP contribution in [-0.4, -0.2) is 56.6 Å². The van der Waals surface area contributed by atoms with E-state index in [2.05, 4.69) is 4.72 Å². The standard InChI is InChI=1S/C10H20N2O5S/c1-9-3-2-5-12(7-9)18(15,16)11-4-6-17-8-10(13)14/h9,11H,2-8H2,1H3,(H,13,14). The van der Waals surface area contributed by atoms with Crippen molar-refractivity contribution in [3.8, 4) is 0 Å². The molecule has 1 aliphatic rings. The second-order valence-corrected chi connectivity index (χ2v) is 6.21. The summed E-state index contributed by atoms with van der Waals surface area (Å²) in [4.78, 5) is 10.2. The topological polar surface area (TPSA) is 95.9 Å². The quantitative estimate of drug-likeness (QED) is 0.622. The second-order valence-electron chi connectivity index (χ2n) is 4.45. The summed E-state index contributed by atoms with van der Waals surface area (Å²) in [7, 11) is -3.46. The number of carbonyl (C=O) groups is 1. The molecule has 0 spiro atoms. The molecule has 1 saturated heterocycles. The zero-order valence-electron chi connectivity index (χ0n) is 10.5. The fourth-order valence-corrected chi connectivity index (χ4v) is 3.20. The molecule has 1 atom stereocenters. The van der Waals surface area contributed by atoms with Crippen molar-refractivity contribution >= 4 is 16.2 Å². The van der Waals surface area contributed by atoms with Crippen LogP contribution >= 0.6 is 0 Å². The van der Waals surface area contributed by atoms with Crippen molar-refractivity contribution in [3.63, 3.8) is 0 Å². The first-order valence-electron chi connectivity index (χ1n) is 5.96. The number of ether oxygens (including phenoxy) is 1. The minimum atomic E-state index is -3.46. The van der Waals surface area contributed by atoms with Gasteiger partial charge >= 0.3 is 5.97 Å². The molecule has 1 heterocycles. The van der Waals surface area contributed by atoms with Gasteiger partial charge in [0.2, 0.25) is 0 Å². The summed E-state index contributed by atoms with van der Waals surface area (Å²) >= 11 is 0. The van der Waals surface area contributed by atoms with Crippen LogP contribution in [0.2, 0.25) is 0 Å². The largest absolute Gasteiger partial charge is 0.480 e. The first kappa shape index (κ1) is 15.4. The van der Waals surface area contributed by atoms with E-state index in [4.69, 9.17) is 9.84 Å². The number of hydrogen-bond donors (Lipinski definition) is 2. The molecule has 8 heteroatoms. The predicted octanol–water partition coefficient (Wildman–Crippen LogP) is -0.346. The molecule has 106 valence electrons. The van der Waals surface area contributed by atoms with Gasteiger partial charge in [0, 0.05) is 19.6 Å². The van der Waals surface area contributed by atoms with E-state index in [9.17, 15) is 13.2 Å². The second kappa shape index (κ2) is 7.03. The van der Waals surface area contributed by atoms with Gasteiger partial charge in [0.05, 0.1) is 6.61 Å². The number of rotatable bonds is 7. The van der Waals surface area contributed by atoms with E-state index in [1.807, 2.05) is 6.92 Å². The lowest BCUT2D eigenvalue weighted by molar-refractivity contribution is -0.142. The highest BCUT2D eigenvalue weighted by molar-refractivity contribution is 7.87. The Labute approximate surface area is 107 Å². The van der Waals surface area contributed by atoms with Crippen LogP contribution in [0.25, 0.3) is 0 Å². The Morgan fingerprint density at radius 1 is 1.56 bits per heavy atom. The number of nitrogens with one attached hydrogen (secondary N) is 1. The van der Waals surface area contributed by atoms with Crippen LogP contribution in [0.3, 0.4) is 0 Å². The molecule has 0 aliphatic carbocycles. The van der Waals surface area contributed by atoms with Gasteiger partial charge < -0.3 is 9.84 Å². The predicted molar refractivity (Wildman–Crippen MR) is 65.3 cm³/mol. The van der Waals surface area contributed by atoms with E-state index >= 15 is 0 Å². The molecule has 18 heavy (non-hydrogen) atoms. The van der Waals surface area contributed by atoms with Gasteiger partial charge in [-0.25, -0.2) is 4.79 Å². The van der Waals surface area contributed by atoms with Crippen LogP contribution in [0.4, 0.5) is 0 Å². The summed E-state index contributed by atoms with van der Waals surface area (Å²) in [5.74, 6) is -0.693. The molecule has 0 saturated carbocycles. The lowest BCUT2D eigenvalue weighted by Crippen LogP contribution is -2.46. The average Bonchev–Trinajstić information content (AvgIpc) is 2.28. The molecule has 1 unspecified atom stereocenters. The fourth-order valence-electron chi connectivity index (χ4n) is 1.86. The Morgan fingerprint density at radius 3 is 2.89 bits per heavy atom. The number of nitrogens with zero attached hydrogens (tertiary/aromatic N) is 1. The van der Waals surface area contributed by atoms with Gasteiger partial charge in [0.15, 0.2) is 0 Å². The molecule has 7 nitrogen and oxygen atoms in total. The summed E-state index contributed by atoms with van der Waals surface area (Å²) in [6, 6.07) is 0. The van der Waals surface area contributed by atoms with Crippen molar-refractivity contribution in [2.24, 2.45) is 5.92 Å². The van der Waals surface area contributed by atoms with Gasteiger partial charge in [0.1, 0.15) is 6.61 Å². The number of carboxylic acids is 1. The molecule has 0 amide bonds. The van der Waals surface area contributed by atoms with Crippen LogP contribution in [0, 0.1) is 5.92 Å². The number of hydrogen-bond acceptors (Lipinski definition) is 4. The first-order chi connectivity index (χ1) is 8.42. The third kappa shape index (κ3) is 5.30. The van der Waals surface area contributed by atoms with Gasteiger partial charge in [-0.3, -0.25) is 0 Å². The summed E-state index contributed by atoms with van der Waals surface area (Å²) in [6.07, 6.45) is 1.92. The van der Waals surface area contributed by atoms with Crippen molar-refractivity contribution < 1.29 is 23.1 Å². The Hall–Kier alpha value is -0.700. The van der Waals surface area contributed by atoms with E-state index in [1.165, 1.54) is 4.31 Å². The molecule has 0 aromatic heterocycles. The molecule has 1 fully saturated rings. The smallest absolute Gasteiger partial charge is 0.329 e. The molecule has 0 aromatic carbocycles. The van der Waals surface area contributed by atoms with Crippen molar-refractivity contribution in [1.82, 2.24) is 9.03 Å². The molecule has 2 N–H and O–H groups in total. The molecule has 0 bridgehead atoms. The Bertz CT molecular complexity index is 370. The lowest BCUT2D eigenvalue weighted by Gasteiger charge is -2.29. The van der Waals surface area contributed by atoms with E-state index in [1.54, 1.807) is 0 Å². The van der Waals surface area contributed by atoms with Crippen LogP contribution < -0.4 is 4.72 Å². The van der Waals surface area contributed by atoms with E-state index in [0.29, 0.717) is 19.0 Å². The number of aliphatic carboxylic acids is 1. The zero-order chi connectivity index (χ0) is 13.6. The summed E-state index contributed by atoms with van der Waals surface area (Å²) in [5, 5.41) is 8.33. The van der Waals surface area contributed by atoms with E-state index in [-0.39, 0.29) is 13.2 Å². The molecule has 0 radical (unpaired) electrons. The Kier molecular flexibility index (Phi) is 6.00. The molecular formula is C10H20N2O5S. The van der Waals surface area contributed by atoms with Crippen molar-refractivity contribution in [2.75, 3.05) is 32.8 Å². The third-order valence-electron chi connectivity index (χ3n) is 2.72. The highest BCUT2D eigenvalue weighted by Gasteiger charge is 2.26. The van der Waals surface area contributed by atoms with Crippen molar-refractivity contribution in [3.05, 3.63) is 0 Å². The Balaban J connectivity index is 2.28. The van der Waals surface area contributed by atoms with Gasteiger partial charge in [0.25, 0.3) is 10.2 Å². The maximum absolute atomic E-state index is 11.9. The highest BCUT2D eigenvalue weighted by Crippen LogP contribution is 2.17. The summed E-state index contributed by atoms with van der Waals surface area (Å²) < 4.78 is 32.3. The SMILES string of the molecule is CC1CCCN(S(=O)(=O)NCCOCC(=O)O)C1. The number of carboxylic acid groups (broad SMARTS) is 1. The summed E-state index contributed by atoms with van der Waals surface area (Å²) in [5.41, 5.74) is 0. The van der Waals surface area contributed by atoms with Gasteiger partial charge in [-0.05, 0) is 18.8 Å². The van der Waals surface area contributed by atoms with Crippen LogP contribution in [0.15, 0.2) is 0 Å². The zero-order valence-corrected chi connectivity index (χ0v) is 11.3. The summed E-state index contributed by atoms with van der Waals surface area (Å²) in [6.45, 7) is 2.82. The average molecular weight is 280 g/mol. The van der Waals surface area contributed by atoms with Gasteiger partial charge in [-0.15, -0.1) is 0 Å². The van der Waals surface area contributed by atoms with E-state index < -0.39 is 22.8 Å². The molecule has 0 aromatic rings. The van der Waals surface area contributed by atoms with Gasteiger partial charge in [-0.1, -0.05) is 6.92 Å². The maximum Gasteiger partial charge on any atom is 0.329 e. The third-order valence-corrected chi connectivity index (χ3v) is 4.30. The molecule has 1 aliphatic heterocycles. The van der Waals surface area contributed by atoms with Crippen LogP contribution in [0.5, 0.6) is 0 Å². The monoisotopic (exact) mass is 280 g/mol.